The predicted molar refractivity (Wildman–Crippen MR) is 53.8 cm³/mol. The number of hydrogen-bond acceptors (Lipinski definition) is 4. The van der Waals surface area contributed by atoms with Crippen LogP contribution in [0.5, 0.6) is 0 Å². The summed E-state index contributed by atoms with van der Waals surface area (Å²) in [5.74, 6) is 0.838. The first-order valence-electron chi connectivity index (χ1n) is 4.59. The highest BCUT2D eigenvalue weighted by molar-refractivity contribution is 4.88. The van der Waals surface area contributed by atoms with Crippen LogP contribution in [0.4, 0.5) is 0 Å². The minimum absolute atomic E-state index is 0.629. The van der Waals surface area contributed by atoms with Crippen molar-refractivity contribution in [3.05, 3.63) is 30.5 Å². The molecule has 4 nitrogen and oxygen atoms in total. The Bertz CT molecular complexity index is 257. The van der Waals surface area contributed by atoms with Crippen molar-refractivity contribution in [1.29, 1.82) is 0 Å². The van der Waals surface area contributed by atoms with Crippen LogP contribution in [-0.4, -0.2) is 24.7 Å². The Kier molecular flexibility index (Phi) is 4.96. The van der Waals surface area contributed by atoms with Gasteiger partial charge < -0.3 is 14.5 Å². The summed E-state index contributed by atoms with van der Waals surface area (Å²) in [7, 11) is 0. The van der Waals surface area contributed by atoms with Gasteiger partial charge in [0.15, 0.2) is 6.39 Å². The SMILES string of the molecule is C=C(C)COCCNCc1cnco1. The van der Waals surface area contributed by atoms with E-state index in [0.717, 1.165) is 17.9 Å². The van der Waals surface area contributed by atoms with E-state index in [4.69, 9.17) is 9.15 Å². The van der Waals surface area contributed by atoms with Gasteiger partial charge in [0, 0.05) is 6.54 Å². The van der Waals surface area contributed by atoms with Crippen molar-refractivity contribution in [2.75, 3.05) is 19.8 Å². The molecule has 0 aliphatic heterocycles. The first-order valence-corrected chi connectivity index (χ1v) is 4.59. The van der Waals surface area contributed by atoms with Gasteiger partial charge in [0.25, 0.3) is 0 Å². The fourth-order valence-corrected chi connectivity index (χ4v) is 0.932. The summed E-state index contributed by atoms with van der Waals surface area (Å²) in [6, 6.07) is 0. The zero-order chi connectivity index (χ0) is 10.2. The molecule has 0 fully saturated rings. The van der Waals surface area contributed by atoms with E-state index < -0.39 is 0 Å². The van der Waals surface area contributed by atoms with E-state index in [1.54, 1.807) is 6.20 Å². The number of aromatic nitrogens is 1. The summed E-state index contributed by atoms with van der Waals surface area (Å²) in [6.07, 6.45) is 3.12. The van der Waals surface area contributed by atoms with Crippen LogP contribution in [0.1, 0.15) is 12.7 Å². The van der Waals surface area contributed by atoms with Gasteiger partial charge in [0.05, 0.1) is 26.0 Å². The third kappa shape index (κ3) is 4.79. The van der Waals surface area contributed by atoms with E-state index in [1.165, 1.54) is 6.39 Å². The summed E-state index contributed by atoms with van der Waals surface area (Å²) in [5, 5.41) is 3.17. The van der Waals surface area contributed by atoms with Crippen molar-refractivity contribution in [3.8, 4) is 0 Å². The Morgan fingerprint density at radius 2 is 2.57 bits per heavy atom. The average molecular weight is 196 g/mol. The number of rotatable bonds is 7. The van der Waals surface area contributed by atoms with Crippen molar-refractivity contribution in [1.82, 2.24) is 10.3 Å². The van der Waals surface area contributed by atoms with E-state index in [-0.39, 0.29) is 0 Å². The van der Waals surface area contributed by atoms with Gasteiger partial charge in [-0.2, -0.15) is 0 Å². The van der Waals surface area contributed by atoms with E-state index in [0.29, 0.717) is 19.8 Å². The molecule has 0 radical (unpaired) electrons. The molecule has 0 aromatic carbocycles. The van der Waals surface area contributed by atoms with Gasteiger partial charge in [-0.3, -0.25) is 0 Å². The second-order valence-corrected chi connectivity index (χ2v) is 3.15. The summed E-state index contributed by atoms with van der Waals surface area (Å²) in [5.41, 5.74) is 1.04. The van der Waals surface area contributed by atoms with Crippen molar-refractivity contribution >= 4 is 0 Å². The molecule has 0 bridgehead atoms. The van der Waals surface area contributed by atoms with Gasteiger partial charge in [-0.05, 0) is 6.92 Å². The molecule has 0 amide bonds. The van der Waals surface area contributed by atoms with Crippen molar-refractivity contribution in [3.63, 3.8) is 0 Å². The smallest absolute Gasteiger partial charge is 0.180 e. The minimum Gasteiger partial charge on any atom is -0.447 e. The van der Waals surface area contributed by atoms with Crippen LogP contribution in [0.2, 0.25) is 0 Å². The minimum atomic E-state index is 0.629. The Morgan fingerprint density at radius 1 is 1.71 bits per heavy atom. The van der Waals surface area contributed by atoms with Crippen LogP contribution in [0.25, 0.3) is 0 Å². The Labute approximate surface area is 84.0 Å². The maximum atomic E-state index is 5.31. The molecule has 0 spiro atoms. The molecule has 0 aliphatic carbocycles. The second kappa shape index (κ2) is 6.34. The van der Waals surface area contributed by atoms with Gasteiger partial charge in [0.2, 0.25) is 0 Å². The molecule has 0 saturated heterocycles. The number of nitrogens with one attached hydrogen (secondary N) is 1. The van der Waals surface area contributed by atoms with Gasteiger partial charge in [-0.25, -0.2) is 4.98 Å². The van der Waals surface area contributed by atoms with Gasteiger partial charge in [-0.1, -0.05) is 12.2 Å². The summed E-state index contributed by atoms with van der Waals surface area (Å²) >= 11 is 0. The molecule has 0 unspecified atom stereocenters. The van der Waals surface area contributed by atoms with Crippen molar-refractivity contribution in [2.45, 2.75) is 13.5 Å². The standard InChI is InChI=1S/C10H16N2O2/c1-9(2)7-13-4-3-11-5-10-6-12-8-14-10/h6,8,11H,1,3-5,7H2,2H3. The molecular weight excluding hydrogens is 180 g/mol. The number of nitrogens with zero attached hydrogens (tertiary/aromatic N) is 1. The zero-order valence-electron chi connectivity index (χ0n) is 8.45. The molecule has 14 heavy (non-hydrogen) atoms. The molecule has 0 aliphatic rings. The van der Waals surface area contributed by atoms with Crippen LogP contribution in [0.3, 0.4) is 0 Å². The van der Waals surface area contributed by atoms with Gasteiger partial charge in [-0.15, -0.1) is 0 Å². The highest BCUT2D eigenvalue weighted by Crippen LogP contribution is 1.94. The summed E-state index contributed by atoms with van der Waals surface area (Å²) < 4.78 is 10.4. The fourth-order valence-electron chi connectivity index (χ4n) is 0.932. The molecule has 1 aromatic rings. The highest BCUT2D eigenvalue weighted by atomic mass is 16.5. The topological polar surface area (TPSA) is 47.3 Å². The largest absolute Gasteiger partial charge is 0.447 e. The van der Waals surface area contributed by atoms with Gasteiger partial charge in [0.1, 0.15) is 5.76 Å². The quantitative estimate of drug-likeness (QED) is 0.528. The predicted octanol–water partition coefficient (Wildman–Crippen LogP) is 1.36. The molecular formula is C10H16N2O2. The maximum absolute atomic E-state index is 5.31. The Balaban J connectivity index is 1.92. The lowest BCUT2D eigenvalue weighted by Gasteiger charge is -2.04. The summed E-state index contributed by atoms with van der Waals surface area (Å²) in [6.45, 7) is 8.49. The Morgan fingerprint density at radius 3 is 3.21 bits per heavy atom. The fraction of sp³-hybridized carbons (Fsp3) is 0.500. The van der Waals surface area contributed by atoms with Crippen LogP contribution in [0, 0.1) is 0 Å². The van der Waals surface area contributed by atoms with Crippen LogP contribution in [0.15, 0.2) is 29.2 Å². The molecule has 0 atom stereocenters. The molecule has 78 valence electrons. The van der Waals surface area contributed by atoms with Crippen molar-refractivity contribution in [2.24, 2.45) is 0 Å². The molecule has 1 aromatic heterocycles. The Hall–Kier alpha value is -1.13. The third-order valence-corrected chi connectivity index (χ3v) is 1.55. The van der Waals surface area contributed by atoms with Crippen LogP contribution in [-0.2, 0) is 11.3 Å². The lowest BCUT2D eigenvalue weighted by Crippen LogP contribution is -2.19. The summed E-state index contributed by atoms with van der Waals surface area (Å²) in [4.78, 5) is 3.81. The lowest BCUT2D eigenvalue weighted by molar-refractivity contribution is 0.157. The normalized spacial score (nSPS) is 10.4. The zero-order valence-corrected chi connectivity index (χ0v) is 8.45. The first-order chi connectivity index (χ1) is 6.79. The van der Waals surface area contributed by atoms with Gasteiger partial charge >= 0.3 is 0 Å². The first kappa shape index (κ1) is 10.9. The van der Waals surface area contributed by atoms with Crippen LogP contribution < -0.4 is 5.32 Å². The molecule has 1 heterocycles. The third-order valence-electron chi connectivity index (χ3n) is 1.55. The van der Waals surface area contributed by atoms with Crippen LogP contribution >= 0.6 is 0 Å². The number of oxazole rings is 1. The van der Waals surface area contributed by atoms with Crippen molar-refractivity contribution < 1.29 is 9.15 Å². The second-order valence-electron chi connectivity index (χ2n) is 3.15. The molecule has 1 N–H and O–H groups in total. The highest BCUT2D eigenvalue weighted by Gasteiger charge is 1.94. The molecule has 1 rings (SSSR count). The maximum Gasteiger partial charge on any atom is 0.180 e. The van der Waals surface area contributed by atoms with E-state index in [1.807, 2.05) is 6.92 Å². The average Bonchev–Trinajstić information content (AvgIpc) is 2.63. The molecule has 0 saturated carbocycles. The van der Waals surface area contributed by atoms with E-state index in [9.17, 15) is 0 Å². The monoisotopic (exact) mass is 196 g/mol. The van der Waals surface area contributed by atoms with E-state index in [2.05, 4.69) is 16.9 Å². The van der Waals surface area contributed by atoms with E-state index >= 15 is 0 Å². The number of hydrogen-bond donors (Lipinski definition) is 1. The lowest BCUT2D eigenvalue weighted by atomic mass is 10.4. The molecule has 4 heteroatoms. The number of ether oxygens (including phenoxy) is 1.